The number of carbonyl (C=O) groups is 1. The van der Waals surface area contributed by atoms with Gasteiger partial charge >= 0.3 is 5.97 Å². The minimum absolute atomic E-state index is 0.0877. The van der Waals surface area contributed by atoms with Crippen LogP contribution >= 0.6 is 0 Å². The third kappa shape index (κ3) is 13.4. The van der Waals surface area contributed by atoms with E-state index in [-0.39, 0.29) is 56.8 Å². The Balaban J connectivity index is 1.50. The summed E-state index contributed by atoms with van der Waals surface area (Å²) in [5, 5.41) is 45.1. The van der Waals surface area contributed by atoms with Gasteiger partial charge in [-0.3, -0.25) is 4.79 Å². The molecule has 0 radical (unpaired) electrons. The summed E-state index contributed by atoms with van der Waals surface area (Å²) < 4.78 is 55.3. The van der Waals surface area contributed by atoms with Crippen molar-refractivity contribution in [2.75, 3.05) is 47.5 Å². The normalized spacial score (nSPS) is 41.1. The van der Waals surface area contributed by atoms with Crippen molar-refractivity contribution in [1.82, 2.24) is 24.6 Å². The second-order valence-corrected chi connectivity index (χ2v) is 21.6. The Morgan fingerprint density at radius 3 is 2.38 bits per heavy atom. The summed E-state index contributed by atoms with van der Waals surface area (Å²) in [6.45, 7) is 22.3. The standard InChI is InChI=1S/C52H86N6O13/c1-15-21-57-27-31(3)46-52(11,62)40(16-2)69-48(61)35(7)44(70-42-25-50(9,63-14)45(60)36(8)68-42)34(6)47(71-49-43(59)39(56(12)13)23-33(5)67-49)51(10,24-32(57)4)65-30-38(29-64-46)55-66-28-37-18-19-41(53-26-37)58-22-17-20-54-58/h17-20,22,26,31-36,39-40,42-47,49,59-60,62H,15-16,21,23-25,27-30H2,1-14H3/b55-38+/t31-,32+,33+,34-,35+,36-,39-,40+,42-,43+,44-,45-,46-,47+,49-,50+,51+,52+/m0/s1. The van der Waals surface area contributed by atoms with Crippen molar-refractivity contribution in [3.63, 3.8) is 0 Å². The number of aromatic nitrogens is 3. The number of pyridine rings is 1. The Morgan fingerprint density at radius 2 is 1.75 bits per heavy atom. The number of oxime groups is 1. The number of nitrogens with zero attached hydrogens (tertiary/aromatic N) is 6. The van der Waals surface area contributed by atoms with Crippen LogP contribution in [0.3, 0.4) is 0 Å². The molecule has 0 amide bonds. The molecule has 5 aliphatic heterocycles. The minimum atomic E-state index is -1.70. The van der Waals surface area contributed by atoms with E-state index in [0.717, 1.165) is 18.5 Å². The molecule has 5 saturated heterocycles. The van der Waals surface area contributed by atoms with Crippen molar-refractivity contribution >= 4 is 11.7 Å². The van der Waals surface area contributed by atoms with Gasteiger partial charge < -0.3 is 67.9 Å². The van der Waals surface area contributed by atoms with Crippen molar-refractivity contribution < 1.29 is 62.8 Å². The van der Waals surface area contributed by atoms with Crippen molar-refractivity contribution in [2.45, 2.75) is 205 Å². The van der Waals surface area contributed by atoms with E-state index in [2.05, 4.69) is 40.9 Å². The van der Waals surface area contributed by atoms with E-state index >= 15 is 0 Å². The summed E-state index contributed by atoms with van der Waals surface area (Å²) in [6, 6.07) is 5.14. The zero-order chi connectivity index (χ0) is 52.0. The van der Waals surface area contributed by atoms with Crippen LogP contribution in [0.25, 0.3) is 5.82 Å². The van der Waals surface area contributed by atoms with Crippen LogP contribution in [0.1, 0.15) is 114 Å². The van der Waals surface area contributed by atoms with Gasteiger partial charge in [-0.2, -0.15) is 5.10 Å². The fourth-order valence-electron chi connectivity index (χ4n) is 11.3. The van der Waals surface area contributed by atoms with Gasteiger partial charge in [0, 0.05) is 62.2 Å². The lowest BCUT2D eigenvalue weighted by Gasteiger charge is -2.50. The smallest absolute Gasteiger partial charge is 0.311 e. The molecule has 2 bridgehead atoms. The maximum atomic E-state index is 14.9. The Hall–Kier alpha value is -3.18. The monoisotopic (exact) mass is 1000 g/mol. The van der Waals surface area contributed by atoms with Crippen LogP contribution in [0.4, 0.5) is 0 Å². The highest BCUT2D eigenvalue weighted by Gasteiger charge is 2.54. The zero-order valence-corrected chi connectivity index (χ0v) is 44.8. The van der Waals surface area contributed by atoms with E-state index < -0.39 is 89.9 Å². The lowest BCUT2D eigenvalue weighted by atomic mass is 9.78. The topological polar surface area (TPSA) is 210 Å². The summed E-state index contributed by atoms with van der Waals surface area (Å²) in [4.78, 5) is 29.9. The van der Waals surface area contributed by atoms with Crippen LogP contribution in [-0.4, -0.2) is 189 Å². The minimum Gasteiger partial charge on any atom is -0.459 e. The molecule has 7 rings (SSSR count). The molecular formula is C52H86N6O13. The summed E-state index contributed by atoms with van der Waals surface area (Å²) in [5.74, 6) is -1.93. The van der Waals surface area contributed by atoms with Crippen LogP contribution in [0.2, 0.25) is 0 Å². The second-order valence-electron chi connectivity index (χ2n) is 21.6. The SMILES string of the molecule is CCCN1C[C@H](C)[C@@H]2OC/C(=N\OCc3ccc(-n4cccn4)nc3)CO[C@](C)(C[C@H]1C)[C@H](O[C@@H]1O[C@H](C)C[C@H](N(C)C)[C@H]1O)[C@@H](C)[C@H](O[C@H]1C[C@@](C)(OC)[C@@H](O)[C@H](C)O1)[C@@H](C)C(=O)O[C@H](CC)[C@@]2(C)O. The number of hydrogen-bond acceptors (Lipinski definition) is 18. The largest absolute Gasteiger partial charge is 0.459 e. The maximum Gasteiger partial charge on any atom is 0.311 e. The number of aliphatic hydroxyl groups is 3. The van der Waals surface area contributed by atoms with Gasteiger partial charge in [-0.1, -0.05) is 38.9 Å². The van der Waals surface area contributed by atoms with Crippen LogP contribution in [0.5, 0.6) is 0 Å². The molecule has 19 nitrogen and oxygen atoms in total. The molecule has 2 aromatic heterocycles. The van der Waals surface area contributed by atoms with Crippen molar-refractivity contribution in [3.05, 3.63) is 42.4 Å². The van der Waals surface area contributed by atoms with Crippen molar-refractivity contribution in [1.29, 1.82) is 0 Å². The van der Waals surface area contributed by atoms with Crippen LogP contribution in [0, 0.1) is 17.8 Å². The predicted octanol–water partition coefficient (Wildman–Crippen LogP) is 4.90. The van der Waals surface area contributed by atoms with Crippen LogP contribution in [-0.2, 0) is 54.1 Å². The first-order chi connectivity index (χ1) is 33.5. The molecule has 5 fully saturated rings. The summed E-state index contributed by atoms with van der Waals surface area (Å²) in [5.41, 5.74) is -2.79. The molecule has 402 valence electrons. The number of esters is 1. The first-order valence-corrected chi connectivity index (χ1v) is 25.8. The second kappa shape index (κ2) is 24.4. The number of ether oxygens (including phenoxy) is 8. The summed E-state index contributed by atoms with van der Waals surface area (Å²) in [7, 11) is 5.39. The molecular weight excluding hydrogens is 917 g/mol. The van der Waals surface area contributed by atoms with Gasteiger partial charge in [-0.25, -0.2) is 9.67 Å². The lowest BCUT2D eigenvalue weighted by Crippen LogP contribution is -2.61. The van der Waals surface area contributed by atoms with Gasteiger partial charge in [0.2, 0.25) is 0 Å². The number of methoxy groups -OCH3 is 1. The Kier molecular flexibility index (Phi) is 19.7. The van der Waals surface area contributed by atoms with Crippen molar-refractivity contribution in [2.24, 2.45) is 22.9 Å². The number of carbonyl (C=O) groups excluding carboxylic acids is 1. The highest BCUT2D eigenvalue weighted by molar-refractivity contribution is 5.86. The molecule has 3 N–H and O–H groups in total. The molecule has 0 aromatic carbocycles. The quantitative estimate of drug-likeness (QED) is 0.180. The fraction of sp³-hybridized carbons (Fsp3) is 0.808. The fourth-order valence-corrected chi connectivity index (χ4v) is 11.3. The molecule has 0 aliphatic carbocycles. The van der Waals surface area contributed by atoms with Crippen molar-refractivity contribution in [3.8, 4) is 5.82 Å². The predicted molar refractivity (Wildman–Crippen MR) is 264 cm³/mol. The molecule has 2 aromatic rings. The molecule has 19 heteroatoms. The maximum absolute atomic E-state index is 14.9. The Morgan fingerprint density at radius 1 is 1.00 bits per heavy atom. The molecule has 0 saturated carbocycles. The Bertz CT molecular complexity index is 2000. The van der Waals surface area contributed by atoms with Crippen LogP contribution in [0.15, 0.2) is 41.9 Å². The highest BCUT2D eigenvalue weighted by Crippen LogP contribution is 2.42. The van der Waals surface area contributed by atoms with Gasteiger partial charge in [0.15, 0.2) is 18.4 Å². The molecule has 0 spiro atoms. The van der Waals surface area contributed by atoms with E-state index in [9.17, 15) is 20.1 Å². The molecule has 7 heterocycles. The third-order valence-corrected chi connectivity index (χ3v) is 15.5. The first kappa shape index (κ1) is 57.1. The van der Waals surface area contributed by atoms with Gasteiger partial charge in [0.25, 0.3) is 0 Å². The van der Waals surface area contributed by atoms with Gasteiger partial charge in [-0.15, -0.1) is 0 Å². The van der Waals surface area contributed by atoms with E-state index in [4.69, 9.17) is 42.7 Å². The lowest BCUT2D eigenvalue weighted by molar-refractivity contribution is -0.320. The summed E-state index contributed by atoms with van der Waals surface area (Å²) in [6.07, 6.45) is -1.38. The number of likely N-dealkylation sites (N-methyl/N-ethyl adjacent to an activating group) is 1. The summed E-state index contributed by atoms with van der Waals surface area (Å²) >= 11 is 0. The van der Waals surface area contributed by atoms with Gasteiger partial charge in [0.05, 0.1) is 60.9 Å². The van der Waals surface area contributed by atoms with E-state index in [0.29, 0.717) is 30.9 Å². The van der Waals surface area contributed by atoms with Crippen LogP contribution < -0.4 is 0 Å². The molecule has 5 aliphatic rings. The number of aliphatic hydroxyl groups excluding tert-OH is 2. The number of fused-ring (bicyclic) bond motifs is 15. The zero-order valence-electron chi connectivity index (χ0n) is 44.8. The van der Waals surface area contributed by atoms with E-state index in [1.165, 1.54) is 0 Å². The Labute approximate surface area is 421 Å². The molecule has 0 unspecified atom stereocenters. The molecule has 71 heavy (non-hydrogen) atoms. The first-order valence-electron chi connectivity index (χ1n) is 25.8. The van der Waals surface area contributed by atoms with E-state index in [1.54, 1.807) is 45.0 Å². The van der Waals surface area contributed by atoms with E-state index in [1.807, 2.05) is 78.0 Å². The third-order valence-electron chi connectivity index (χ3n) is 15.5. The van der Waals surface area contributed by atoms with Gasteiger partial charge in [-0.05, 0) is 113 Å². The number of hydrogen-bond donors (Lipinski definition) is 3. The average Bonchev–Trinajstić information content (AvgIpc) is 3.87. The van der Waals surface area contributed by atoms with Gasteiger partial charge in [0.1, 0.15) is 36.2 Å². The highest BCUT2D eigenvalue weighted by atomic mass is 16.7. The average molecular weight is 1000 g/mol. The molecule has 18 atom stereocenters. The number of rotatable bonds is 13.